The molecule has 1 aliphatic carbocycles. The molecule has 6 nitrogen and oxygen atoms in total. The van der Waals surface area contributed by atoms with Gasteiger partial charge in [0.05, 0.1) is 5.60 Å². The molecule has 2 N–H and O–H groups in total. The predicted octanol–water partition coefficient (Wildman–Crippen LogP) is 2.98. The maximum atomic E-state index is 9.46. The minimum absolute atomic E-state index is 0.102. The number of aliphatic hydroxyl groups is 1. The zero-order chi connectivity index (χ0) is 17.8. The van der Waals surface area contributed by atoms with Gasteiger partial charge < -0.3 is 20.1 Å². The lowest BCUT2D eigenvalue weighted by atomic mass is 9.78. The molecule has 3 fully saturated rings. The Labute approximate surface area is 156 Å². The predicted molar refractivity (Wildman–Crippen MR) is 102 cm³/mol. The first-order valence-electron chi connectivity index (χ1n) is 10.3. The fraction of sp³-hybridized carbons (Fsp3) is 0.800. The number of ether oxygens (including phenoxy) is 1. The molecule has 0 bridgehead atoms. The summed E-state index contributed by atoms with van der Waals surface area (Å²) < 4.78 is 6.21. The highest BCUT2D eigenvalue weighted by molar-refractivity contribution is 5.49. The Bertz CT molecular complexity index is 585. The monoisotopic (exact) mass is 360 g/mol. The minimum atomic E-state index is 0.102. The quantitative estimate of drug-likeness (QED) is 0.860. The highest BCUT2D eigenvalue weighted by Crippen LogP contribution is 2.39. The summed E-state index contributed by atoms with van der Waals surface area (Å²) in [5.74, 6) is 2.25. The number of hydrogen-bond acceptors (Lipinski definition) is 6. The first-order chi connectivity index (χ1) is 12.8. The molecular formula is C20H32N4O2. The number of aliphatic hydroxyl groups excluding tert-OH is 1. The van der Waals surface area contributed by atoms with E-state index in [4.69, 9.17) is 4.74 Å². The SMILES string of the molecule is OCC1CCCN(c2cc(NC3CCOC4(CCCCC4)C3)ncn2)C1. The molecule has 2 atom stereocenters. The highest BCUT2D eigenvalue weighted by Gasteiger charge is 2.38. The van der Waals surface area contributed by atoms with Crippen molar-refractivity contribution in [2.75, 3.05) is 36.5 Å². The van der Waals surface area contributed by atoms with E-state index < -0.39 is 0 Å². The average molecular weight is 361 g/mol. The van der Waals surface area contributed by atoms with Crippen molar-refractivity contribution < 1.29 is 9.84 Å². The number of anilines is 2. The number of nitrogens with zero attached hydrogens (tertiary/aromatic N) is 3. The van der Waals surface area contributed by atoms with Crippen LogP contribution in [-0.4, -0.2) is 53.0 Å². The Morgan fingerprint density at radius 2 is 2.08 bits per heavy atom. The molecule has 2 saturated heterocycles. The van der Waals surface area contributed by atoms with Crippen LogP contribution in [0.15, 0.2) is 12.4 Å². The summed E-state index contributed by atoms with van der Waals surface area (Å²) >= 11 is 0. The van der Waals surface area contributed by atoms with E-state index in [-0.39, 0.29) is 12.2 Å². The highest BCUT2D eigenvalue weighted by atomic mass is 16.5. The first kappa shape index (κ1) is 18.0. The van der Waals surface area contributed by atoms with Crippen molar-refractivity contribution in [2.45, 2.75) is 69.4 Å². The summed E-state index contributed by atoms with van der Waals surface area (Å²) in [7, 11) is 0. The van der Waals surface area contributed by atoms with Crippen LogP contribution in [0.2, 0.25) is 0 Å². The van der Waals surface area contributed by atoms with Gasteiger partial charge in [-0.25, -0.2) is 9.97 Å². The lowest BCUT2D eigenvalue weighted by Gasteiger charge is -2.43. The third-order valence-electron chi connectivity index (χ3n) is 6.36. The molecule has 0 aromatic carbocycles. The first-order valence-corrected chi connectivity index (χ1v) is 10.3. The molecule has 26 heavy (non-hydrogen) atoms. The zero-order valence-corrected chi connectivity index (χ0v) is 15.7. The van der Waals surface area contributed by atoms with Crippen LogP contribution in [0.5, 0.6) is 0 Å². The second-order valence-corrected chi connectivity index (χ2v) is 8.32. The van der Waals surface area contributed by atoms with Crippen LogP contribution in [0.4, 0.5) is 11.6 Å². The Hall–Kier alpha value is -1.40. The zero-order valence-electron chi connectivity index (χ0n) is 15.7. The molecule has 3 heterocycles. The van der Waals surface area contributed by atoms with Crippen molar-refractivity contribution in [3.8, 4) is 0 Å². The van der Waals surface area contributed by atoms with Gasteiger partial charge in [-0.1, -0.05) is 19.3 Å². The summed E-state index contributed by atoms with van der Waals surface area (Å²) in [6, 6.07) is 2.50. The Morgan fingerprint density at radius 1 is 1.19 bits per heavy atom. The van der Waals surface area contributed by atoms with Crippen molar-refractivity contribution in [2.24, 2.45) is 5.92 Å². The topological polar surface area (TPSA) is 70.5 Å². The molecule has 6 heteroatoms. The summed E-state index contributed by atoms with van der Waals surface area (Å²) in [5.41, 5.74) is 0.102. The normalized spacial score (nSPS) is 28.9. The summed E-state index contributed by atoms with van der Waals surface area (Å²) in [6.45, 7) is 3.00. The summed E-state index contributed by atoms with van der Waals surface area (Å²) in [5, 5.41) is 13.1. The van der Waals surface area contributed by atoms with Crippen molar-refractivity contribution in [1.29, 1.82) is 0 Å². The summed E-state index contributed by atoms with van der Waals surface area (Å²) in [6.07, 6.45) is 12.4. The van der Waals surface area contributed by atoms with Crippen LogP contribution in [0.1, 0.15) is 57.8 Å². The average Bonchev–Trinajstić information content (AvgIpc) is 2.69. The van der Waals surface area contributed by atoms with Gasteiger partial charge in [-0.15, -0.1) is 0 Å². The molecule has 1 spiro atoms. The van der Waals surface area contributed by atoms with Crippen LogP contribution in [0, 0.1) is 5.92 Å². The number of aromatic nitrogens is 2. The van der Waals surface area contributed by atoms with Gasteiger partial charge in [0.2, 0.25) is 0 Å². The molecule has 1 aromatic heterocycles. The number of hydrogen-bond donors (Lipinski definition) is 2. The molecular weight excluding hydrogens is 328 g/mol. The van der Waals surface area contributed by atoms with Gasteiger partial charge in [0.15, 0.2) is 0 Å². The lowest BCUT2D eigenvalue weighted by Crippen LogP contribution is -2.45. The second-order valence-electron chi connectivity index (χ2n) is 8.32. The van der Waals surface area contributed by atoms with Crippen molar-refractivity contribution in [3.05, 3.63) is 12.4 Å². The van der Waals surface area contributed by atoms with Gasteiger partial charge in [0.1, 0.15) is 18.0 Å². The molecule has 3 aliphatic rings. The van der Waals surface area contributed by atoms with Crippen molar-refractivity contribution in [1.82, 2.24) is 9.97 Å². The minimum Gasteiger partial charge on any atom is -0.396 e. The van der Waals surface area contributed by atoms with E-state index in [0.29, 0.717) is 12.0 Å². The van der Waals surface area contributed by atoms with Gasteiger partial charge in [0, 0.05) is 38.4 Å². The van der Waals surface area contributed by atoms with Crippen LogP contribution >= 0.6 is 0 Å². The van der Waals surface area contributed by atoms with Gasteiger partial charge in [-0.05, 0) is 44.4 Å². The third kappa shape index (κ3) is 4.12. The molecule has 4 rings (SSSR count). The lowest BCUT2D eigenvalue weighted by molar-refractivity contribution is -0.103. The van der Waals surface area contributed by atoms with Crippen LogP contribution in [-0.2, 0) is 4.74 Å². The second kappa shape index (κ2) is 8.09. The number of nitrogens with one attached hydrogen (secondary N) is 1. The van der Waals surface area contributed by atoms with Crippen molar-refractivity contribution in [3.63, 3.8) is 0 Å². The van der Waals surface area contributed by atoms with Crippen LogP contribution in [0.3, 0.4) is 0 Å². The van der Waals surface area contributed by atoms with Gasteiger partial charge in [0.25, 0.3) is 0 Å². The molecule has 1 saturated carbocycles. The van der Waals surface area contributed by atoms with Crippen molar-refractivity contribution >= 4 is 11.6 Å². The van der Waals surface area contributed by atoms with Crippen LogP contribution < -0.4 is 10.2 Å². The number of piperidine rings is 1. The fourth-order valence-corrected chi connectivity index (χ4v) is 4.93. The van der Waals surface area contributed by atoms with E-state index in [1.807, 2.05) is 0 Å². The molecule has 1 aromatic rings. The standard InChI is InChI=1S/C20H32N4O2/c25-14-16-5-4-9-24(13-16)19-11-18(21-15-22-19)23-17-6-10-26-20(12-17)7-2-1-3-8-20/h11,15-17,25H,1-10,12-14H2,(H,21,22,23). The van der Waals surface area contributed by atoms with E-state index in [1.165, 1.54) is 32.1 Å². The van der Waals surface area contributed by atoms with E-state index in [2.05, 4.69) is 26.3 Å². The van der Waals surface area contributed by atoms with Gasteiger partial charge in [-0.3, -0.25) is 0 Å². The van der Waals surface area contributed by atoms with Gasteiger partial charge >= 0.3 is 0 Å². The van der Waals surface area contributed by atoms with E-state index >= 15 is 0 Å². The smallest absolute Gasteiger partial charge is 0.134 e. The Kier molecular flexibility index (Phi) is 5.60. The Morgan fingerprint density at radius 3 is 2.92 bits per heavy atom. The largest absolute Gasteiger partial charge is 0.396 e. The molecule has 0 radical (unpaired) electrons. The molecule has 144 valence electrons. The molecule has 2 unspecified atom stereocenters. The van der Waals surface area contributed by atoms with E-state index in [1.54, 1.807) is 6.33 Å². The molecule has 0 amide bonds. The third-order valence-corrected chi connectivity index (χ3v) is 6.36. The Balaban J connectivity index is 1.40. The molecule has 2 aliphatic heterocycles. The maximum absolute atomic E-state index is 9.46. The summed E-state index contributed by atoms with van der Waals surface area (Å²) in [4.78, 5) is 11.2. The number of rotatable bonds is 4. The van der Waals surface area contributed by atoms with Crippen LogP contribution in [0.25, 0.3) is 0 Å². The van der Waals surface area contributed by atoms with E-state index in [9.17, 15) is 5.11 Å². The fourth-order valence-electron chi connectivity index (χ4n) is 4.93. The van der Waals surface area contributed by atoms with E-state index in [0.717, 1.165) is 57.0 Å². The maximum Gasteiger partial charge on any atom is 0.134 e. The van der Waals surface area contributed by atoms with Gasteiger partial charge in [-0.2, -0.15) is 0 Å².